The average molecular weight is 344 g/mol. The molecule has 0 unspecified atom stereocenters. The van der Waals surface area contributed by atoms with E-state index in [0.717, 1.165) is 29.6 Å². The summed E-state index contributed by atoms with van der Waals surface area (Å²) in [5, 5.41) is 9.95. The van der Waals surface area contributed by atoms with Gasteiger partial charge in [-0.2, -0.15) is 0 Å². The van der Waals surface area contributed by atoms with Crippen molar-refractivity contribution in [2.24, 2.45) is 0 Å². The number of methoxy groups -OCH3 is 2. The van der Waals surface area contributed by atoms with Crippen LogP contribution in [0.2, 0.25) is 0 Å². The Morgan fingerprint density at radius 3 is 2.95 bits per heavy atom. The van der Waals surface area contributed by atoms with Crippen molar-refractivity contribution in [3.8, 4) is 5.75 Å². The summed E-state index contributed by atoms with van der Waals surface area (Å²) in [6, 6.07) is 6.39. The zero-order chi connectivity index (χ0) is 14.5. The summed E-state index contributed by atoms with van der Waals surface area (Å²) in [6.07, 6.45) is 1.78. The molecule has 0 aromatic heterocycles. The normalized spacial score (nSPS) is 21.1. The Morgan fingerprint density at radius 1 is 1.45 bits per heavy atom. The minimum absolute atomic E-state index is 0.300. The first-order valence-corrected chi connectivity index (χ1v) is 7.69. The van der Waals surface area contributed by atoms with Crippen LogP contribution in [0.3, 0.4) is 0 Å². The van der Waals surface area contributed by atoms with E-state index in [1.54, 1.807) is 14.2 Å². The average Bonchev–Trinajstić information content (AvgIpc) is 2.86. The quantitative estimate of drug-likeness (QED) is 0.861. The number of benzene rings is 1. The van der Waals surface area contributed by atoms with Gasteiger partial charge in [-0.05, 0) is 37.6 Å². The molecule has 1 saturated heterocycles. The zero-order valence-electron chi connectivity index (χ0n) is 12.0. The SMILES string of the molecule is COC[C@H](O)CN1CCC[C@@H]1c1cc(Br)ccc1OC. The van der Waals surface area contributed by atoms with Gasteiger partial charge in [0.2, 0.25) is 0 Å². The van der Waals surface area contributed by atoms with E-state index >= 15 is 0 Å². The highest BCUT2D eigenvalue weighted by Gasteiger charge is 2.29. The van der Waals surface area contributed by atoms with Crippen LogP contribution in [-0.4, -0.2) is 50.0 Å². The van der Waals surface area contributed by atoms with Gasteiger partial charge >= 0.3 is 0 Å². The van der Waals surface area contributed by atoms with Gasteiger partial charge in [0.15, 0.2) is 0 Å². The van der Waals surface area contributed by atoms with Gasteiger partial charge in [0.1, 0.15) is 5.75 Å². The van der Waals surface area contributed by atoms with Crippen molar-refractivity contribution in [2.75, 3.05) is 33.9 Å². The van der Waals surface area contributed by atoms with E-state index < -0.39 is 6.10 Å². The lowest BCUT2D eigenvalue weighted by atomic mass is 10.0. The number of hydrogen-bond donors (Lipinski definition) is 1. The summed E-state index contributed by atoms with van der Waals surface area (Å²) in [7, 11) is 3.31. The van der Waals surface area contributed by atoms with Gasteiger partial charge in [0.25, 0.3) is 0 Å². The Kier molecular flexibility index (Phi) is 5.84. The van der Waals surface area contributed by atoms with E-state index in [0.29, 0.717) is 19.2 Å². The fourth-order valence-electron chi connectivity index (χ4n) is 2.88. The van der Waals surface area contributed by atoms with Crippen molar-refractivity contribution in [3.63, 3.8) is 0 Å². The predicted octanol–water partition coefficient (Wildman–Crippen LogP) is 2.60. The van der Waals surface area contributed by atoms with Crippen LogP contribution in [0, 0.1) is 0 Å². The number of aliphatic hydroxyl groups excluding tert-OH is 1. The predicted molar refractivity (Wildman–Crippen MR) is 82.1 cm³/mol. The number of halogens is 1. The molecule has 0 aliphatic carbocycles. The third kappa shape index (κ3) is 3.73. The van der Waals surface area contributed by atoms with Crippen molar-refractivity contribution in [1.29, 1.82) is 0 Å². The fourth-order valence-corrected chi connectivity index (χ4v) is 3.26. The standard InChI is InChI=1S/C15H22BrNO3/c1-19-10-12(18)9-17-7-3-4-14(17)13-8-11(16)5-6-15(13)20-2/h5-6,8,12,14,18H,3-4,7,9-10H2,1-2H3/t12-,14-/m1/s1. The van der Waals surface area contributed by atoms with Gasteiger partial charge in [-0.3, -0.25) is 4.90 Å². The van der Waals surface area contributed by atoms with Crippen LogP contribution in [0.1, 0.15) is 24.4 Å². The van der Waals surface area contributed by atoms with Crippen molar-refractivity contribution < 1.29 is 14.6 Å². The number of aliphatic hydroxyl groups is 1. The monoisotopic (exact) mass is 343 g/mol. The van der Waals surface area contributed by atoms with E-state index in [1.165, 1.54) is 5.56 Å². The van der Waals surface area contributed by atoms with Crippen molar-refractivity contribution in [2.45, 2.75) is 25.0 Å². The number of ether oxygens (including phenoxy) is 2. The van der Waals surface area contributed by atoms with Gasteiger partial charge in [0.05, 0.1) is 19.8 Å². The summed E-state index contributed by atoms with van der Waals surface area (Å²) >= 11 is 3.52. The third-order valence-corrected chi connectivity index (χ3v) is 4.21. The number of rotatable bonds is 6. The second-order valence-electron chi connectivity index (χ2n) is 5.15. The highest BCUT2D eigenvalue weighted by atomic mass is 79.9. The molecule has 2 atom stereocenters. The van der Waals surface area contributed by atoms with Crippen LogP contribution in [0.25, 0.3) is 0 Å². The molecule has 5 heteroatoms. The molecular formula is C15H22BrNO3. The molecule has 20 heavy (non-hydrogen) atoms. The third-order valence-electron chi connectivity index (χ3n) is 3.72. The Labute approximate surface area is 128 Å². The van der Waals surface area contributed by atoms with Gasteiger partial charge in [-0.15, -0.1) is 0 Å². The molecule has 1 aromatic rings. The van der Waals surface area contributed by atoms with Gasteiger partial charge < -0.3 is 14.6 Å². The molecule has 1 fully saturated rings. The fraction of sp³-hybridized carbons (Fsp3) is 0.600. The molecule has 1 aliphatic rings. The molecule has 0 spiro atoms. The highest BCUT2D eigenvalue weighted by Crippen LogP contribution is 2.38. The minimum Gasteiger partial charge on any atom is -0.496 e. The lowest BCUT2D eigenvalue weighted by Crippen LogP contribution is -2.34. The molecule has 112 valence electrons. The van der Waals surface area contributed by atoms with Crippen molar-refractivity contribution in [3.05, 3.63) is 28.2 Å². The maximum absolute atomic E-state index is 9.95. The van der Waals surface area contributed by atoms with Gasteiger partial charge in [-0.25, -0.2) is 0 Å². The van der Waals surface area contributed by atoms with E-state index in [-0.39, 0.29) is 0 Å². The molecule has 2 rings (SSSR count). The zero-order valence-corrected chi connectivity index (χ0v) is 13.6. The van der Waals surface area contributed by atoms with Crippen LogP contribution >= 0.6 is 15.9 Å². The summed E-state index contributed by atoms with van der Waals surface area (Å²) in [6.45, 7) is 2.01. The van der Waals surface area contributed by atoms with E-state index in [4.69, 9.17) is 9.47 Å². The van der Waals surface area contributed by atoms with Crippen LogP contribution in [0.5, 0.6) is 5.75 Å². The molecule has 4 nitrogen and oxygen atoms in total. The minimum atomic E-state index is -0.446. The molecular weight excluding hydrogens is 322 g/mol. The number of hydrogen-bond acceptors (Lipinski definition) is 4. The van der Waals surface area contributed by atoms with E-state index in [2.05, 4.69) is 26.9 Å². The van der Waals surface area contributed by atoms with Crippen LogP contribution < -0.4 is 4.74 Å². The van der Waals surface area contributed by atoms with Crippen LogP contribution in [0.15, 0.2) is 22.7 Å². The van der Waals surface area contributed by atoms with E-state index in [1.807, 2.05) is 12.1 Å². The molecule has 0 amide bonds. The smallest absolute Gasteiger partial charge is 0.123 e. The lowest BCUT2D eigenvalue weighted by Gasteiger charge is -2.28. The Bertz CT molecular complexity index is 441. The Balaban J connectivity index is 2.16. The molecule has 1 aliphatic heterocycles. The van der Waals surface area contributed by atoms with Crippen molar-refractivity contribution >= 4 is 15.9 Å². The van der Waals surface area contributed by atoms with Gasteiger partial charge in [-0.1, -0.05) is 15.9 Å². The summed E-state index contributed by atoms with van der Waals surface area (Å²) in [4.78, 5) is 2.31. The molecule has 1 heterocycles. The largest absolute Gasteiger partial charge is 0.496 e. The topological polar surface area (TPSA) is 41.9 Å². The summed E-state index contributed by atoms with van der Waals surface area (Å²) in [5.74, 6) is 0.909. The highest BCUT2D eigenvalue weighted by molar-refractivity contribution is 9.10. The first-order valence-electron chi connectivity index (χ1n) is 6.90. The van der Waals surface area contributed by atoms with Crippen LogP contribution in [0.4, 0.5) is 0 Å². The van der Waals surface area contributed by atoms with Gasteiger partial charge in [0, 0.05) is 29.7 Å². The molecule has 1 N–H and O–H groups in total. The molecule has 0 radical (unpaired) electrons. The summed E-state index contributed by atoms with van der Waals surface area (Å²) < 4.78 is 11.5. The lowest BCUT2D eigenvalue weighted by molar-refractivity contribution is 0.0344. The Hall–Kier alpha value is -0.620. The number of likely N-dealkylation sites (tertiary alicyclic amines) is 1. The Morgan fingerprint density at radius 2 is 2.25 bits per heavy atom. The number of nitrogens with zero attached hydrogens (tertiary/aromatic N) is 1. The molecule has 0 saturated carbocycles. The first-order chi connectivity index (χ1) is 9.65. The second kappa shape index (κ2) is 7.41. The summed E-state index contributed by atoms with van der Waals surface area (Å²) in [5.41, 5.74) is 1.18. The first kappa shape index (κ1) is 15.8. The maximum Gasteiger partial charge on any atom is 0.123 e. The number of β-amino-alcohol motifs (C(OH)–C–C–N with tert-alkyl or cyclic N) is 1. The second-order valence-corrected chi connectivity index (χ2v) is 6.06. The maximum atomic E-state index is 9.95. The van der Waals surface area contributed by atoms with Crippen molar-refractivity contribution in [1.82, 2.24) is 4.90 Å². The van der Waals surface area contributed by atoms with E-state index in [9.17, 15) is 5.11 Å². The molecule has 1 aromatic carbocycles. The molecule has 0 bridgehead atoms. The van der Waals surface area contributed by atoms with Crippen LogP contribution in [-0.2, 0) is 4.74 Å².